The third-order valence-corrected chi connectivity index (χ3v) is 2.49. The highest BCUT2D eigenvalue weighted by Crippen LogP contribution is 2.13. The summed E-state index contributed by atoms with van der Waals surface area (Å²) >= 11 is 1.47. The molecule has 0 atom stereocenters. The standard InChI is InChI=1S/C7H7N3OS.ClH/c1-4-9-7-5(2-3-12-7)6(8)10(4)11;/h2-3,8,11H,1H3;1H. The number of aryl methyl sites for hydroxylation is 1. The van der Waals surface area contributed by atoms with E-state index in [9.17, 15) is 5.21 Å². The average molecular weight is 218 g/mol. The topological polar surface area (TPSA) is 61.9 Å². The Balaban J connectivity index is 0.000000845. The second-order valence-electron chi connectivity index (χ2n) is 2.46. The summed E-state index contributed by atoms with van der Waals surface area (Å²) in [6.45, 7) is 1.66. The van der Waals surface area contributed by atoms with Crippen LogP contribution in [0.2, 0.25) is 0 Å². The van der Waals surface area contributed by atoms with Gasteiger partial charge in [-0.15, -0.1) is 23.7 Å². The van der Waals surface area contributed by atoms with E-state index in [1.165, 1.54) is 11.3 Å². The van der Waals surface area contributed by atoms with Gasteiger partial charge in [0.15, 0.2) is 5.49 Å². The fourth-order valence-electron chi connectivity index (χ4n) is 1.04. The minimum atomic E-state index is 0. The van der Waals surface area contributed by atoms with Crippen molar-refractivity contribution in [3.8, 4) is 0 Å². The van der Waals surface area contributed by atoms with Gasteiger partial charge in [-0.25, -0.2) is 4.98 Å². The smallest absolute Gasteiger partial charge is 0.173 e. The Bertz CT molecular complexity index is 490. The molecule has 0 aromatic carbocycles. The summed E-state index contributed by atoms with van der Waals surface area (Å²) < 4.78 is 0.787. The van der Waals surface area contributed by atoms with Crippen LogP contribution in [0.3, 0.4) is 0 Å². The van der Waals surface area contributed by atoms with E-state index in [1.807, 2.05) is 5.38 Å². The molecular formula is C7H8ClN3OS. The molecule has 0 radical (unpaired) electrons. The van der Waals surface area contributed by atoms with Crippen molar-refractivity contribution in [1.82, 2.24) is 9.71 Å². The zero-order chi connectivity index (χ0) is 8.72. The number of hydrogen-bond acceptors (Lipinski definition) is 4. The van der Waals surface area contributed by atoms with Gasteiger partial charge in [-0.3, -0.25) is 5.41 Å². The predicted molar refractivity (Wildman–Crippen MR) is 52.6 cm³/mol. The molecule has 0 saturated heterocycles. The van der Waals surface area contributed by atoms with E-state index in [0.717, 1.165) is 9.56 Å². The number of halogens is 1. The molecule has 2 aromatic heterocycles. The number of thiophene rings is 1. The summed E-state index contributed by atoms with van der Waals surface area (Å²) in [7, 11) is 0. The zero-order valence-corrected chi connectivity index (χ0v) is 8.45. The van der Waals surface area contributed by atoms with Gasteiger partial charge in [0.05, 0.1) is 5.39 Å². The van der Waals surface area contributed by atoms with Crippen LogP contribution in [-0.4, -0.2) is 14.9 Å². The van der Waals surface area contributed by atoms with E-state index in [1.54, 1.807) is 13.0 Å². The van der Waals surface area contributed by atoms with Crippen LogP contribution in [0.1, 0.15) is 5.82 Å². The first-order chi connectivity index (χ1) is 5.70. The van der Waals surface area contributed by atoms with E-state index in [2.05, 4.69) is 4.98 Å². The zero-order valence-electron chi connectivity index (χ0n) is 6.81. The van der Waals surface area contributed by atoms with Crippen molar-refractivity contribution in [2.75, 3.05) is 0 Å². The molecule has 0 amide bonds. The average Bonchev–Trinajstić information content (AvgIpc) is 2.48. The largest absolute Gasteiger partial charge is 0.425 e. The van der Waals surface area contributed by atoms with Crippen LogP contribution in [0, 0.1) is 12.3 Å². The van der Waals surface area contributed by atoms with Gasteiger partial charge in [-0.05, 0) is 18.4 Å². The van der Waals surface area contributed by atoms with Crippen LogP contribution in [0.25, 0.3) is 10.2 Å². The molecule has 0 aliphatic carbocycles. The van der Waals surface area contributed by atoms with Crippen LogP contribution < -0.4 is 5.49 Å². The number of nitrogens with zero attached hydrogens (tertiary/aromatic N) is 2. The second-order valence-corrected chi connectivity index (χ2v) is 3.35. The molecule has 4 nitrogen and oxygen atoms in total. The fourth-order valence-corrected chi connectivity index (χ4v) is 1.85. The Morgan fingerprint density at radius 3 is 3.00 bits per heavy atom. The van der Waals surface area contributed by atoms with E-state index < -0.39 is 0 Å². The van der Waals surface area contributed by atoms with Crippen LogP contribution in [0.15, 0.2) is 11.4 Å². The molecule has 2 rings (SSSR count). The molecule has 0 saturated carbocycles. The van der Waals surface area contributed by atoms with Crippen molar-refractivity contribution in [2.45, 2.75) is 6.92 Å². The second kappa shape index (κ2) is 3.35. The summed E-state index contributed by atoms with van der Waals surface area (Å²) in [5, 5.41) is 19.4. The third-order valence-electron chi connectivity index (χ3n) is 1.68. The van der Waals surface area contributed by atoms with Crippen molar-refractivity contribution < 1.29 is 5.21 Å². The molecule has 2 N–H and O–H groups in total. The first kappa shape index (κ1) is 10.0. The molecule has 0 aliphatic rings. The molecular weight excluding hydrogens is 210 g/mol. The van der Waals surface area contributed by atoms with E-state index in [0.29, 0.717) is 11.2 Å². The SMILES string of the molecule is Cc1nc2sccc2c(=N)n1O.Cl. The number of fused-ring (bicyclic) bond motifs is 1. The molecule has 2 aromatic rings. The van der Waals surface area contributed by atoms with E-state index in [-0.39, 0.29) is 17.9 Å². The van der Waals surface area contributed by atoms with Gasteiger partial charge in [0.25, 0.3) is 0 Å². The predicted octanol–water partition coefficient (Wildman–Crippen LogP) is 1.54. The van der Waals surface area contributed by atoms with Crippen molar-refractivity contribution in [3.05, 3.63) is 22.8 Å². The molecule has 0 aliphatic heterocycles. The number of aromatic nitrogens is 2. The Labute approximate surface area is 84.4 Å². The maximum atomic E-state index is 9.29. The van der Waals surface area contributed by atoms with Crippen molar-refractivity contribution in [3.63, 3.8) is 0 Å². The lowest BCUT2D eigenvalue weighted by atomic mass is 10.4. The molecule has 0 bridgehead atoms. The van der Waals surface area contributed by atoms with Crippen LogP contribution in [-0.2, 0) is 0 Å². The van der Waals surface area contributed by atoms with Gasteiger partial charge in [-0.1, -0.05) is 0 Å². The number of rotatable bonds is 0. The van der Waals surface area contributed by atoms with Crippen molar-refractivity contribution in [1.29, 1.82) is 5.41 Å². The van der Waals surface area contributed by atoms with Crippen molar-refractivity contribution >= 4 is 34.0 Å². The van der Waals surface area contributed by atoms with Crippen LogP contribution in [0.5, 0.6) is 0 Å². The fraction of sp³-hybridized carbons (Fsp3) is 0.143. The minimum Gasteiger partial charge on any atom is -0.425 e. The minimum absolute atomic E-state index is 0. The highest BCUT2D eigenvalue weighted by molar-refractivity contribution is 7.16. The van der Waals surface area contributed by atoms with Crippen molar-refractivity contribution in [2.24, 2.45) is 0 Å². The van der Waals surface area contributed by atoms with Gasteiger partial charge in [0.1, 0.15) is 10.7 Å². The maximum Gasteiger partial charge on any atom is 0.173 e. The molecule has 6 heteroatoms. The number of hydrogen-bond donors (Lipinski definition) is 2. The van der Waals surface area contributed by atoms with Gasteiger partial charge < -0.3 is 5.21 Å². The highest BCUT2D eigenvalue weighted by atomic mass is 35.5. The summed E-state index contributed by atoms with van der Waals surface area (Å²) in [4.78, 5) is 4.90. The first-order valence-electron chi connectivity index (χ1n) is 3.41. The Hall–Kier alpha value is -1.07. The van der Waals surface area contributed by atoms with Gasteiger partial charge in [-0.2, -0.15) is 4.73 Å². The van der Waals surface area contributed by atoms with Crippen LogP contribution in [0.4, 0.5) is 0 Å². The Morgan fingerprint density at radius 2 is 2.31 bits per heavy atom. The molecule has 13 heavy (non-hydrogen) atoms. The normalized spacial score (nSPS) is 9.92. The molecule has 2 heterocycles. The quantitative estimate of drug-likeness (QED) is 0.658. The molecule has 0 fully saturated rings. The molecule has 0 spiro atoms. The lowest BCUT2D eigenvalue weighted by Gasteiger charge is -2.00. The summed E-state index contributed by atoms with van der Waals surface area (Å²) in [6.07, 6.45) is 0. The maximum absolute atomic E-state index is 9.29. The van der Waals surface area contributed by atoms with Gasteiger partial charge >= 0.3 is 0 Å². The molecule has 0 unspecified atom stereocenters. The van der Waals surface area contributed by atoms with Gasteiger partial charge in [0.2, 0.25) is 0 Å². The third kappa shape index (κ3) is 1.40. The first-order valence-corrected chi connectivity index (χ1v) is 4.29. The number of nitrogens with one attached hydrogen (secondary N) is 1. The van der Waals surface area contributed by atoms with Gasteiger partial charge in [0, 0.05) is 0 Å². The van der Waals surface area contributed by atoms with E-state index in [4.69, 9.17) is 5.41 Å². The van der Waals surface area contributed by atoms with Crippen LogP contribution >= 0.6 is 23.7 Å². The Morgan fingerprint density at radius 1 is 1.62 bits per heavy atom. The Kier molecular flexibility index (Phi) is 2.58. The lowest BCUT2D eigenvalue weighted by molar-refractivity contribution is 0.161. The van der Waals surface area contributed by atoms with E-state index >= 15 is 0 Å². The lowest BCUT2D eigenvalue weighted by Crippen LogP contribution is -2.20. The monoisotopic (exact) mass is 217 g/mol. The summed E-state index contributed by atoms with van der Waals surface area (Å²) in [6, 6.07) is 1.78. The summed E-state index contributed by atoms with van der Waals surface area (Å²) in [5.74, 6) is 0.440. The molecule has 70 valence electrons. The highest BCUT2D eigenvalue weighted by Gasteiger charge is 2.03. The summed E-state index contributed by atoms with van der Waals surface area (Å²) in [5.41, 5.74) is 0.0961.